The lowest BCUT2D eigenvalue weighted by Gasteiger charge is -2.20. The van der Waals surface area contributed by atoms with Crippen LogP contribution < -0.4 is 11.1 Å². The summed E-state index contributed by atoms with van der Waals surface area (Å²) in [5, 5.41) is 20.1. The SMILES string of the molecule is NC(Cc1ccc2ccccc2c1)C(=O)NC(Cc1ccc2ccccc2c1)c1nnnn1C=Cc1ccccc1. The van der Waals surface area contributed by atoms with Crippen molar-refractivity contribution in [2.24, 2.45) is 5.73 Å². The van der Waals surface area contributed by atoms with Gasteiger partial charge in [-0.2, -0.15) is 0 Å². The van der Waals surface area contributed by atoms with Crippen LogP contribution in [-0.4, -0.2) is 32.2 Å². The van der Waals surface area contributed by atoms with E-state index in [1.54, 1.807) is 10.9 Å². The molecule has 0 saturated carbocycles. The zero-order valence-electron chi connectivity index (χ0n) is 22.5. The number of carbonyl (C=O) groups excluding carboxylic acids is 1. The van der Waals surface area contributed by atoms with Gasteiger partial charge in [-0.15, -0.1) is 5.10 Å². The second kappa shape index (κ2) is 11.9. The highest BCUT2D eigenvalue weighted by Crippen LogP contribution is 2.22. The van der Waals surface area contributed by atoms with Crippen molar-refractivity contribution in [2.45, 2.75) is 24.9 Å². The maximum atomic E-state index is 13.5. The van der Waals surface area contributed by atoms with E-state index in [-0.39, 0.29) is 5.91 Å². The molecule has 1 heterocycles. The number of carbonyl (C=O) groups is 1. The van der Waals surface area contributed by atoms with E-state index in [9.17, 15) is 4.79 Å². The van der Waals surface area contributed by atoms with E-state index < -0.39 is 12.1 Å². The molecule has 2 atom stereocenters. The van der Waals surface area contributed by atoms with Crippen LogP contribution in [0.5, 0.6) is 0 Å². The molecule has 2 unspecified atom stereocenters. The van der Waals surface area contributed by atoms with Gasteiger partial charge in [-0.05, 0) is 61.2 Å². The van der Waals surface area contributed by atoms with Gasteiger partial charge in [0.15, 0.2) is 5.82 Å². The molecule has 3 N–H and O–H groups in total. The van der Waals surface area contributed by atoms with E-state index >= 15 is 0 Å². The van der Waals surface area contributed by atoms with Crippen LogP contribution >= 0.6 is 0 Å². The van der Waals surface area contributed by atoms with Gasteiger partial charge in [-0.25, -0.2) is 4.68 Å². The highest BCUT2D eigenvalue weighted by Gasteiger charge is 2.24. The van der Waals surface area contributed by atoms with Crippen molar-refractivity contribution in [3.63, 3.8) is 0 Å². The molecule has 0 aliphatic rings. The summed E-state index contributed by atoms with van der Waals surface area (Å²) in [4.78, 5) is 13.5. The molecule has 0 bridgehead atoms. The number of fused-ring (bicyclic) bond motifs is 2. The molecule has 6 aromatic rings. The van der Waals surface area contributed by atoms with Crippen molar-refractivity contribution in [2.75, 3.05) is 0 Å². The van der Waals surface area contributed by atoms with Crippen LogP contribution in [0.4, 0.5) is 0 Å². The largest absolute Gasteiger partial charge is 0.344 e. The fraction of sp³-hybridized carbons (Fsp3) is 0.118. The van der Waals surface area contributed by atoms with E-state index in [0.717, 1.165) is 38.2 Å². The van der Waals surface area contributed by atoms with Gasteiger partial charge in [0.05, 0.1) is 12.1 Å². The zero-order valence-corrected chi connectivity index (χ0v) is 22.5. The molecule has 0 aliphatic heterocycles. The van der Waals surface area contributed by atoms with Gasteiger partial charge in [-0.3, -0.25) is 4.79 Å². The number of nitrogens with two attached hydrogens (primary N) is 1. The molecule has 7 nitrogen and oxygen atoms in total. The van der Waals surface area contributed by atoms with Crippen molar-refractivity contribution in [3.8, 4) is 0 Å². The van der Waals surface area contributed by atoms with Gasteiger partial charge < -0.3 is 11.1 Å². The first-order chi connectivity index (χ1) is 20.1. The van der Waals surface area contributed by atoms with E-state index in [1.807, 2.05) is 66.7 Å². The van der Waals surface area contributed by atoms with E-state index in [1.165, 1.54) is 0 Å². The third-order valence-corrected chi connectivity index (χ3v) is 7.21. The Morgan fingerprint density at radius 1 is 0.756 bits per heavy atom. The Morgan fingerprint density at radius 3 is 2.00 bits per heavy atom. The first-order valence-electron chi connectivity index (χ1n) is 13.6. The van der Waals surface area contributed by atoms with Gasteiger partial charge in [-0.1, -0.05) is 115 Å². The normalized spacial score (nSPS) is 13.0. The van der Waals surface area contributed by atoms with Gasteiger partial charge in [0.2, 0.25) is 5.91 Å². The highest BCUT2D eigenvalue weighted by atomic mass is 16.2. The topological polar surface area (TPSA) is 98.7 Å². The Hall–Kier alpha value is -5.14. The lowest BCUT2D eigenvalue weighted by atomic mass is 9.99. The standard InChI is InChI=1S/C34H30N6O/c35-31(22-25-14-16-27-10-4-6-12-29(27)20-25)34(41)36-32(23-26-15-17-28-11-5-7-13-30(28)21-26)33-37-38-39-40(33)19-18-24-8-2-1-3-9-24/h1-21,31-32H,22-23,35H2,(H,36,41). The van der Waals surface area contributed by atoms with Crippen LogP contribution in [0.15, 0.2) is 115 Å². The maximum Gasteiger partial charge on any atom is 0.237 e. The zero-order chi connectivity index (χ0) is 28.0. The molecule has 6 rings (SSSR count). The first kappa shape index (κ1) is 26.1. The monoisotopic (exact) mass is 538 g/mol. The Bertz CT molecular complexity index is 1830. The minimum atomic E-state index is -0.737. The molecule has 0 radical (unpaired) electrons. The molecule has 0 aliphatic carbocycles. The van der Waals surface area contributed by atoms with Crippen LogP contribution in [0.2, 0.25) is 0 Å². The number of amides is 1. The molecule has 202 valence electrons. The summed E-state index contributed by atoms with van der Waals surface area (Å²) >= 11 is 0. The van der Waals surface area contributed by atoms with Crippen molar-refractivity contribution in [3.05, 3.63) is 138 Å². The lowest BCUT2D eigenvalue weighted by Crippen LogP contribution is -2.44. The first-order valence-corrected chi connectivity index (χ1v) is 13.6. The van der Waals surface area contributed by atoms with Crippen LogP contribution in [-0.2, 0) is 17.6 Å². The van der Waals surface area contributed by atoms with E-state index in [2.05, 4.69) is 75.4 Å². The molecule has 0 saturated heterocycles. The minimum Gasteiger partial charge on any atom is -0.344 e. The van der Waals surface area contributed by atoms with Crippen LogP contribution in [0.25, 0.3) is 33.8 Å². The Kier molecular flexibility index (Phi) is 7.60. The third-order valence-electron chi connectivity index (χ3n) is 7.21. The minimum absolute atomic E-state index is 0.259. The molecular weight excluding hydrogens is 508 g/mol. The number of aromatic nitrogens is 4. The summed E-state index contributed by atoms with van der Waals surface area (Å²) in [7, 11) is 0. The number of nitrogens with zero attached hydrogens (tertiary/aromatic N) is 4. The second-order valence-corrected chi connectivity index (χ2v) is 10.1. The smallest absolute Gasteiger partial charge is 0.237 e. The van der Waals surface area contributed by atoms with Gasteiger partial charge in [0, 0.05) is 12.6 Å². The third kappa shape index (κ3) is 6.21. The molecule has 1 aromatic heterocycles. The van der Waals surface area contributed by atoms with Gasteiger partial charge >= 0.3 is 0 Å². The summed E-state index contributed by atoms with van der Waals surface area (Å²) in [6.45, 7) is 0. The fourth-order valence-corrected chi connectivity index (χ4v) is 5.06. The summed E-state index contributed by atoms with van der Waals surface area (Å²) < 4.78 is 1.61. The Balaban J connectivity index is 1.26. The van der Waals surface area contributed by atoms with Crippen molar-refractivity contribution in [1.82, 2.24) is 25.5 Å². The maximum absolute atomic E-state index is 13.5. The lowest BCUT2D eigenvalue weighted by molar-refractivity contribution is -0.123. The summed E-state index contributed by atoms with van der Waals surface area (Å²) in [6.07, 6.45) is 4.65. The summed E-state index contributed by atoms with van der Waals surface area (Å²) in [5.41, 5.74) is 9.53. The Morgan fingerprint density at radius 2 is 1.34 bits per heavy atom. The number of hydrogen-bond acceptors (Lipinski definition) is 5. The van der Waals surface area contributed by atoms with E-state index in [4.69, 9.17) is 5.73 Å². The summed E-state index contributed by atoms with van der Waals surface area (Å²) in [5.74, 6) is 0.266. The van der Waals surface area contributed by atoms with Gasteiger partial charge in [0.25, 0.3) is 0 Å². The van der Waals surface area contributed by atoms with Crippen molar-refractivity contribution >= 4 is 39.7 Å². The summed E-state index contributed by atoms with van der Waals surface area (Å²) in [6, 6.07) is 37.5. The molecule has 1 amide bonds. The number of hydrogen-bond donors (Lipinski definition) is 2. The number of tetrazole rings is 1. The highest BCUT2D eigenvalue weighted by molar-refractivity contribution is 5.85. The van der Waals surface area contributed by atoms with Gasteiger partial charge in [0.1, 0.15) is 0 Å². The number of benzene rings is 5. The average Bonchev–Trinajstić information content (AvgIpc) is 3.49. The van der Waals surface area contributed by atoms with Crippen molar-refractivity contribution in [1.29, 1.82) is 0 Å². The number of nitrogens with one attached hydrogen (secondary N) is 1. The molecular formula is C34H30N6O. The second-order valence-electron chi connectivity index (χ2n) is 10.1. The van der Waals surface area contributed by atoms with Crippen LogP contribution in [0.1, 0.15) is 28.6 Å². The van der Waals surface area contributed by atoms with Crippen LogP contribution in [0.3, 0.4) is 0 Å². The Labute approximate surface area is 238 Å². The average molecular weight is 539 g/mol. The van der Waals surface area contributed by atoms with Crippen LogP contribution in [0, 0.1) is 0 Å². The predicted molar refractivity (Wildman–Crippen MR) is 164 cm³/mol. The molecule has 0 fully saturated rings. The molecule has 7 heteroatoms. The number of rotatable bonds is 9. The molecule has 41 heavy (non-hydrogen) atoms. The fourth-order valence-electron chi connectivity index (χ4n) is 5.06. The predicted octanol–water partition coefficient (Wildman–Crippen LogP) is 5.58. The molecule has 5 aromatic carbocycles. The quantitative estimate of drug-likeness (QED) is 0.251. The molecule has 0 spiro atoms. The van der Waals surface area contributed by atoms with E-state index in [0.29, 0.717) is 18.7 Å². The van der Waals surface area contributed by atoms with Crippen molar-refractivity contribution < 1.29 is 4.79 Å².